The summed E-state index contributed by atoms with van der Waals surface area (Å²) in [4.78, 5) is 22.6. The van der Waals surface area contributed by atoms with Crippen molar-refractivity contribution in [3.8, 4) is 11.1 Å². The number of nitro groups is 1. The Morgan fingerprint density at radius 3 is 2.42 bits per heavy atom. The number of hydrogen-bond acceptors (Lipinski definition) is 3. The van der Waals surface area contributed by atoms with Gasteiger partial charge in [0.2, 0.25) is 5.91 Å². The fourth-order valence-electron chi connectivity index (χ4n) is 2.55. The highest BCUT2D eigenvalue weighted by molar-refractivity contribution is 6.04. The first-order valence-corrected chi connectivity index (χ1v) is 8.01. The Morgan fingerprint density at radius 2 is 1.65 bits per heavy atom. The van der Waals surface area contributed by atoms with Crippen LogP contribution in [0.25, 0.3) is 17.2 Å². The van der Waals surface area contributed by atoms with Gasteiger partial charge in [-0.2, -0.15) is 0 Å². The first-order valence-electron chi connectivity index (χ1n) is 8.01. The van der Waals surface area contributed by atoms with Gasteiger partial charge >= 0.3 is 0 Å². The second-order valence-electron chi connectivity index (χ2n) is 5.59. The summed E-state index contributed by atoms with van der Waals surface area (Å²) in [5.41, 5.74) is 3.20. The Bertz CT molecular complexity index is 966. The molecule has 0 saturated carbocycles. The second kappa shape index (κ2) is 7.90. The van der Waals surface area contributed by atoms with E-state index in [0.717, 1.165) is 11.1 Å². The maximum Gasteiger partial charge on any atom is 0.270 e. The van der Waals surface area contributed by atoms with Gasteiger partial charge in [-0.1, -0.05) is 60.7 Å². The molecule has 0 heterocycles. The highest BCUT2D eigenvalue weighted by Crippen LogP contribution is 2.27. The van der Waals surface area contributed by atoms with E-state index in [1.807, 2.05) is 54.6 Å². The summed E-state index contributed by atoms with van der Waals surface area (Å²) in [5.74, 6) is -0.306. The number of rotatable bonds is 5. The Morgan fingerprint density at radius 1 is 0.923 bits per heavy atom. The van der Waals surface area contributed by atoms with Gasteiger partial charge in [-0.3, -0.25) is 14.9 Å². The average molecular weight is 344 g/mol. The highest BCUT2D eigenvalue weighted by atomic mass is 16.6. The summed E-state index contributed by atoms with van der Waals surface area (Å²) in [6.07, 6.45) is 2.91. The molecule has 5 nitrogen and oxygen atoms in total. The SMILES string of the molecule is O=C(/C=C/c1cccc([N+](=O)[O-])c1)Nc1ccccc1-c1ccccc1. The molecule has 0 aromatic heterocycles. The van der Waals surface area contributed by atoms with E-state index in [0.29, 0.717) is 11.3 Å². The molecule has 0 aliphatic rings. The van der Waals surface area contributed by atoms with Gasteiger partial charge < -0.3 is 5.32 Å². The molecule has 26 heavy (non-hydrogen) atoms. The number of anilines is 1. The molecule has 0 fully saturated rings. The number of non-ortho nitro benzene ring substituents is 1. The second-order valence-corrected chi connectivity index (χ2v) is 5.59. The molecule has 0 aliphatic heterocycles. The van der Waals surface area contributed by atoms with Crippen molar-refractivity contribution in [1.29, 1.82) is 0 Å². The molecule has 0 bridgehead atoms. The van der Waals surface area contributed by atoms with Gasteiger partial charge in [-0.25, -0.2) is 0 Å². The minimum Gasteiger partial charge on any atom is -0.322 e. The van der Waals surface area contributed by atoms with Crippen molar-refractivity contribution < 1.29 is 9.72 Å². The van der Waals surface area contributed by atoms with Crippen LogP contribution in [0.3, 0.4) is 0 Å². The van der Waals surface area contributed by atoms with Crippen molar-refractivity contribution >= 4 is 23.4 Å². The molecule has 0 saturated heterocycles. The highest BCUT2D eigenvalue weighted by Gasteiger charge is 2.07. The lowest BCUT2D eigenvalue weighted by Gasteiger charge is -2.10. The lowest BCUT2D eigenvalue weighted by atomic mass is 10.0. The molecule has 1 N–H and O–H groups in total. The first kappa shape index (κ1) is 17.1. The molecule has 3 rings (SSSR count). The van der Waals surface area contributed by atoms with E-state index in [1.165, 1.54) is 18.2 Å². The van der Waals surface area contributed by atoms with Gasteiger partial charge in [0, 0.05) is 29.5 Å². The van der Waals surface area contributed by atoms with Crippen LogP contribution in [0.1, 0.15) is 5.56 Å². The minimum atomic E-state index is -0.465. The Balaban J connectivity index is 1.77. The minimum absolute atomic E-state index is 0.0121. The van der Waals surface area contributed by atoms with E-state index < -0.39 is 4.92 Å². The number of para-hydroxylation sites is 1. The van der Waals surface area contributed by atoms with E-state index in [-0.39, 0.29) is 11.6 Å². The molecule has 0 spiro atoms. The normalized spacial score (nSPS) is 10.6. The van der Waals surface area contributed by atoms with Crippen LogP contribution in [0, 0.1) is 10.1 Å². The van der Waals surface area contributed by atoms with Crippen LogP contribution in [-0.2, 0) is 4.79 Å². The van der Waals surface area contributed by atoms with Crippen molar-refractivity contribution in [2.75, 3.05) is 5.32 Å². The summed E-state index contributed by atoms with van der Waals surface area (Å²) < 4.78 is 0. The molecule has 128 valence electrons. The number of nitrogens with zero attached hydrogens (tertiary/aromatic N) is 1. The summed E-state index contributed by atoms with van der Waals surface area (Å²) in [5, 5.41) is 13.7. The maximum atomic E-state index is 12.3. The summed E-state index contributed by atoms with van der Waals surface area (Å²) in [6.45, 7) is 0. The summed E-state index contributed by atoms with van der Waals surface area (Å²) >= 11 is 0. The quantitative estimate of drug-likeness (QED) is 0.406. The van der Waals surface area contributed by atoms with Crippen LogP contribution in [0.15, 0.2) is 84.9 Å². The summed E-state index contributed by atoms with van der Waals surface area (Å²) in [7, 11) is 0. The number of amides is 1. The smallest absolute Gasteiger partial charge is 0.270 e. The van der Waals surface area contributed by atoms with Crippen LogP contribution in [0.5, 0.6) is 0 Å². The number of carbonyl (C=O) groups is 1. The lowest BCUT2D eigenvalue weighted by Crippen LogP contribution is -2.08. The van der Waals surface area contributed by atoms with Crippen LogP contribution < -0.4 is 5.32 Å². The topological polar surface area (TPSA) is 72.2 Å². The number of nitrogens with one attached hydrogen (secondary N) is 1. The predicted molar refractivity (Wildman–Crippen MR) is 103 cm³/mol. The van der Waals surface area contributed by atoms with Gasteiger partial charge in [0.15, 0.2) is 0 Å². The van der Waals surface area contributed by atoms with E-state index in [2.05, 4.69) is 5.32 Å². The predicted octanol–water partition coefficient (Wildman–Crippen LogP) is 4.91. The molecule has 3 aromatic rings. The fourth-order valence-corrected chi connectivity index (χ4v) is 2.55. The molecule has 0 unspecified atom stereocenters. The van der Waals surface area contributed by atoms with E-state index in [1.54, 1.807) is 18.2 Å². The maximum absolute atomic E-state index is 12.3. The Labute approximate surface area is 150 Å². The van der Waals surface area contributed by atoms with Crippen LogP contribution >= 0.6 is 0 Å². The van der Waals surface area contributed by atoms with Gasteiger partial charge in [-0.05, 0) is 23.3 Å². The van der Waals surface area contributed by atoms with E-state index in [4.69, 9.17) is 0 Å². The van der Waals surface area contributed by atoms with Crippen LogP contribution in [0.2, 0.25) is 0 Å². The zero-order valence-corrected chi connectivity index (χ0v) is 13.8. The van der Waals surface area contributed by atoms with E-state index >= 15 is 0 Å². The van der Waals surface area contributed by atoms with Crippen molar-refractivity contribution in [3.63, 3.8) is 0 Å². The van der Waals surface area contributed by atoms with Crippen molar-refractivity contribution in [2.45, 2.75) is 0 Å². The Kier molecular flexibility index (Phi) is 5.19. The molecule has 0 aliphatic carbocycles. The number of nitro benzene ring substituents is 1. The van der Waals surface area contributed by atoms with Crippen LogP contribution in [-0.4, -0.2) is 10.8 Å². The van der Waals surface area contributed by atoms with Gasteiger partial charge in [0.25, 0.3) is 5.69 Å². The van der Waals surface area contributed by atoms with Crippen molar-refractivity contribution in [1.82, 2.24) is 0 Å². The van der Waals surface area contributed by atoms with Crippen molar-refractivity contribution in [2.24, 2.45) is 0 Å². The van der Waals surface area contributed by atoms with Gasteiger partial charge in [0.05, 0.1) is 4.92 Å². The molecule has 0 radical (unpaired) electrons. The third-order valence-corrected chi connectivity index (χ3v) is 3.78. The van der Waals surface area contributed by atoms with E-state index in [9.17, 15) is 14.9 Å². The van der Waals surface area contributed by atoms with Gasteiger partial charge in [0.1, 0.15) is 0 Å². The molecular formula is C21H16N2O3. The largest absolute Gasteiger partial charge is 0.322 e. The summed E-state index contributed by atoms with van der Waals surface area (Å²) in [6, 6.07) is 23.4. The zero-order chi connectivity index (χ0) is 18.4. The monoisotopic (exact) mass is 344 g/mol. The Hall–Kier alpha value is -3.73. The number of carbonyl (C=O) groups excluding carboxylic acids is 1. The first-order chi connectivity index (χ1) is 12.6. The van der Waals surface area contributed by atoms with Crippen molar-refractivity contribution in [3.05, 3.63) is 101 Å². The number of hydrogen-bond donors (Lipinski definition) is 1. The third-order valence-electron chi connectivity index (χ3n) is 3.78. The fraction of sp³-hybridized carbons (Fsp3) is 0. The van der Waals surface area contributed by atoms with Crippen LogP contribution in [0.4, 0.5) is 11.4 Å². The molecule has 3 aromatic carbocycles. The standard InChI is InChI=1S/C21H16N2O3/c24-21(14-13-16-7-6-10-18(15-16)23(25)26)22-20-12-5-4-11-19(20)17-8-2-1-3-9-17/h1-15H,(H,22,24)/b14-13+. The third kappa shape index (κ3) is 4.21. The average Bonchev–Trinajstić information content (AvgIpc) is 2.68. The lowest BCUT2D eigenvalue weighted by molar-refractivity contribution is -0.384. The van der Waals surface area contributed by atoms with Gasteiger partial charge in [-0.15, -0.1) is 0 Å². The molecule has 1 amide bonds. The molecule has 0 atom stereocenters. The molecule has 5 heteroatoms. The number of benzene rings is 3. The molecular weight excluding hydrogens is 328 g/mol. The zero-order valence-electron chi connectivity index (χ0n) is 13.8.